The number of nitrogens with zero attached hydrogens (tertiary/aromatic N) is 4. The van der Waals surface area contributed by atoms with E-state index < -0.39 is 5.91 Å². The predicted molar refractivity (Wildman–Crippen MR) is 82.2 cm³/mol. The molecule has 22 heavy (non-hydrogen) atoms. The van der Waals surface area contributed by atoms with Gasteiger partial charge in [-0.05, 0) is 30.3 Å². The molecule has 1 aromatic carbocycles. The number of benzene rings is 1. The summed E-state index contributed by atoms with van der Waals surface area (Å²) in [6.45, 7) is 0. The second kappa shape index (κ2) is 4.63. The van der Waals surface area contributed by atoms with E-state index in [1.807, 2.05) is 16.5 Å². The van der Waals surface area contributed by atoms with Crippen LogP contribution in [-0.2, 0) is 0 Å². The molecule has 4 rings (SSSR count). The molecule has 0 saturated heterocycles. The van der Waals surface area contributed by atoms with Gasteiger partial charge in [0.2, 0.25) is 5.91 Å². The molecule has 0 bridgehead atoms. The molecule has 106 valence electrons. The summed E-state index contributed by atoms with van der Waals surface area (Å²) in [5, 5.41) is 0. The van der Waals surface area contributed by atoms with Crippen molar-refractivity contribution in [3.05, 3.63) is 60.7 Å². The normalized spacial score (nSPS) is 11.1. The minimum absolute atomic E-state index is 0.438. The van der Waals surface area contributed by atoms with E-state index in [0.717, 1.165) is 27.9 Å². The predicted octanol–water partition coefficient (Wildman–Crippen LogP) is 2.04. The summed E-state index contributed by atoms with van der Waals surface area (Å²) in [6.07, 6.45) is 6.95. The molecule has 6 heteroatoms. The van der Waals surface area contributed by atoms with Gasteiger partial charge < -0.3 is 5.73 Å². The monoisotopic (exact) mass is 289 g/mol. The fourth-order valence-corrected chi connectivity index (χ4v) is 2.51. The molecule has 6 nitrogen and oxygen atoms in total. The third-order valence-electron chi connectivity index (χ3n) is 3.55. The van der Waals surface area contributed by atoms with Crippen LogP contribution in [-0.4, -0.2) is 25.3 Å². The van der Waals surface area contributed by atoms with Crippen molar-refractivity contribution in [2.24, 2.45) is 5.73 Å². The van der Waals surface area contributed by atoms with Crippen molar-refractivity contribution in [2.75, 3.05) is 0 Å². The fraction of sp³-hybridized carbons (Fsp3) is 0. The van der Waals surface area contributed by atoms with Crippen LogP contribution in [0.15, 0.2) is 55.1 Å². The molecule has 0 radical (unpaired) electrons. The molecule has 4 aromatic rings. The standard InChI is InChI=1S/C16H11N5O/c17-15(22)10-3-4-13-14(6-10)21-12(8-19-13)9-20-16(21)11-2-1-5-18-7-11/h1-9H,(H2,17,22). The summed E-state index contributed by atoms with van der Waals surface area (Å²) in [4.78, 5) is 24.4. The second-order valence-electron chi connectivity index (χ2n) is 4.91. The molecule has 2 N–H and O–H groups in total. The Morgan fingerprint density at radius 2 is 1.95 bits per heavy atom. The molecule has 0 aliphatic rings. The number of amides is 1. The first kappa shape index (κ1) is 12.5. The molecular formula is C16H11N5O. The molecule has 0 spiro atoms. The Hall–Kier alpha value is -3.28. The van der Waals surface area contributed by atoms with Gasteiger partial charge in [0, 0.05) is 23.5 Å². The maximum Gasteiger partial charge on any atom is 0.248 e. The van der Waals surface area contributed by atoms with Crippen molar-refractivity contribution >= 4 is 22.5 Å². The Morgan fingerprint density at radius 3 is 2.73 bits per heavy atom. The second-order valence-corrected chi connectivity index (χ2v) is 4.91. The molecule has 0 atom stereocenters. The lowest BCUT2D eigenvalue weighted by atomic mass is 10.1. The van der Waals surface area contributed by atoms with Crippen LogP contribution in [0.25, 0.3) is 27.9 Å². The summed E-state index contributed by atoms with van der Waals surface area (Å²) in [7, 11) is 0. The molecule has 0 aliphatic carbocycles. The van der Waals surface area contributed by atoms with Gasteiger partial charge in [-0.25, -0.2) is 4.98 Å². The molecule has 0 aliphatic heterocycles. The highest BCUT2D eigenvalue weighted by molar-refractivity contribution is 5.96. The van der Waals surface area contributed by atoms with Gasteiger partial charge in [0.05, 0.1) is 28.9 Å². The Balaban J connectivity index is 2.11. The number of hydrogen-bond acceptors (Lipinski definition) is 4. The van der Waals surface area contributed by atoms with Gasteiger partial charge in [-0.3, -0.25) is 19.2 Å². The van der Waals surface area contributed by atoms with Crippen LogP contribution in [0.4, 0.5) is 0 Å². The SMILES string of the molecule is NC(=O)c1ccc2ncc3cnc(-c4cccnc4)n3c2c1. The van der Waals surface area contributed by atoms with Gasteiger partial charge >= 0.3 is 0 Å². The van der Waals surface area contributed by atoms with Crippen molar-refractivity contribution < 1.29 is 4.79 Å². The third kappa shape index (κ3) is 1.81. The number of imidazole rings is 1. The highest BCUT2D eigenvalue weighted by atomic mass is 16.1. The van der Waals surface area contributed by atoms with Gasteiger partial charge in [-0.15, -0.1) is 0 Å². The van der Waals surface area contributed by atoms with Gasteiger partial charge in [0.15, 0.2) is 0 Å². The number of fused-ring (bicyclic) bond motifs is 3. The third-order valence-corrected chi connectivity index (χ3v) is 3.55. The van der Waals surface area contributed by atoms with Crippen molar-refractivity contribution in [1.29, 1.82) is 0 Å². The summed E-state index contributed by atoms with van der Waals surface area (Å²) < 4.78 is 1.95. The number of rotatable bonds is 2. The zero-order valence-corrected chi connectivity index (χ0v) is 11.5. The lowest BCUT2D eigenvalue weighted by Gasteiger charge is -2.06. The number of pyridine rings is 1. The number of aromatic nitrogens is 4. The zero-order chi connectivity index (χ0) is 15.1. The van der Waals surface area contributed by atoms with Crippen LogP contribution in [0.2, 0.25) is 0 Å². The van der Waals surface area contributed by atoms with E-state index in [-0.39, 0.29) is 0 Å². The van der Waals surface area contributed by atoms with Crippen molar-refractivity contribution in [3.8, 4) is 11.4 Å². The summed E-state index contributed by atoms with van der Waals surface area (Å²) in [5.41, 5.74) is 9.09. The lowest BCUT2D eigenvalue weighted by molar-refractivity contribution is 0.100. The maximum absolute atomic E-state index is 11.4. The first-order valence-corrected chi connectivity index (χ1v) is 6.70. The van der Waals surface area contributed by atoms with Crippen molar-refractivity contribution in [1.82, 2.24) is 19.4 Å². The summed E-state index contributed by atoms with van der Waals surface area (Å²) in [5.74, 6) is 0.277. The molecule has 0 unspecified atom stereocenters. The van der Waals surface area contributed by atoms with Crippen LogP contribution in [0.5, 0.6) is 0 Å². The first-order valence-electron chi connectivity index (χ1n) is 6.70. The first-order chi connectivity index (χ1) is 10.7. The fourth-order valence-electron chi connectivity index (χ4n) is 2.51. The Kier molecular flexibility index (Phi) is 2.62. The van der Waals surface area contributed by atoms with Crippen molar-refractivity contribution in [2.45, 2.75) is 0 Å². The number of hydrogen-bond donors (Lipinski definition) is 1. The average Bonchev–Trinajstić information content (AvgIpc) is 2.99. The summed E-state index contributed by atoms with van der Waals surface area (Å²) >= 11 is 0. The van der Waals surface area contributed by atoms with Crippen LogP contribution in [0, 0.1) is 0 Å². The molecular weight excluding hydrogens is 278 g/mol. The van der Waals surface area contributed by atoms with Crippen LogP contribution < -0.4 is 5.73 Å². The highest BCUT2D eigenvalue weighted by Gasteiger charge is 2.11. The average molecular weight is 289 g/mol. The Bertz CT molecular complexity index is 1010. The van der Waals surface area contributed by atoms with Crippen molar-refractivity contribution in [3.63, 3.8) is 0 Å². The topological polar surface area (TPSA) is 86.2 Å². The highest BCUT2D eigenvalue weighted by Crippen LogP contribution is 2.24. The van der Waals surface area contributed by atoms with E-state index >= 15 is 0 Å². The maximum atomic E-state index is 11.4. The van der Waals surface area contributed by atoms with Crippen LogP contribution in [0.3, 0.4) is 0 Å². The number of carbonyl (C=O) groups is 1. The van der Waals surface area contributed by atoms with E-state index in [2.05, 4.69) is 15.0 Å². The molecule has 0 saturated carbocycles. The van der Waals surface area contributed by atoms with E-state index in [1.54, 1.807) is 43.0 Å². The number of carbonyl (C=O) groups excluding carboxylic acids is 1. The van der Waals surface area contributed by atoms with E-state index in [0.29, 0.717) is 5.56 Å². The lowest BCUT2D eigenvalue weighted by Crippen LogP contribution is -2.11. The van der Waals surface area contributed by atoms with Crippen LogP contribution in [0.1, 0.15) is 10.4 Å². The van der Waals surface area contributed by atoms with Crippen LogP contribution >= 0.6 is 0 Å². The molecule has 3 aromatic heterocycles. The molecule has 3 heterocycles. The zero-order valence-electron chi connectivity index (χ0n) is 11.5. The minimum Gasteiger partial charge on any atom is -0.366 e. The summed E-state index contributed by atoms with van der Waals surface area (Å²) in [6, 6.07) is 8.98. The smallest absolute Gasteiger partial charge is 0.248 e. The van der Waals surface area contributed by atoms with E-state index in [9.17, 15) is 4.79 Å². The minimum atomic E-state index is -0.470. The number of primary amides is 1. The molecule has 1 amide bonds. The Labute approximate surface area is 125 Å². The largest absolute Gasteiger partial charge is 0.366 e. The van der Waals surface area contributed by atoms with E-state index in [1.165, 1.54) is 0 Å². The van der Waals surface area contributed by atoms with E-state index in [4.69, 9.17) is 5.73 Å². The van der Waals surface area contributed by atoms with Gasteiger partial charge in [0.1, 0.15) is 5.82 Å². The Morgan fingerprint density at radius 1 is 1.09 bits per heavy atom. The quantitative estimate of drug-likeness (QED) is 0.612. The van der Waals surface area contributed by atoms with Gasteiger partial charge in [-0.2, -0.15) is 0 Å². The van der Waals surface area contributed by atoms with Gasteiger partial charge in [-0.1, -0.05) is 0 Å². The number of nitrogens with two attached hydrogens (primary N) is 1. The van der Waals surface area contributed by atoms with Gasteiger partial charge in [0.25, 0.3) is 0 Å². The molecule has 0 fully saturated rings.